The van der Waals surface area contributed by atoms with Gasteiger partial charge in [-0.2, -0.15) is 0 Å². The Morgan fingerprint density at radius 3 is 2.69 bits per heavy atom. The first kappa shape index (κ1) is 15.5. The molecule has 4 nitrogen and oxygen atoms in total. The molecule has 138 valence electrons. The third-order valence-electron chi connectivity index (χ3n) is 8.42. The summed E-state index contributed by atoms with van der Waals surface area (Å²) >= 11 is 0. The van der Waals surface area contributed by atoms with Crippen LogP contribution in [0, 0.1) is 23.2 Å². The Hall–Kier alpha value is -1.55. The molecule has 1 aromatic carbocycles. The smallest absolute Gasteiger partial charge is 0.306 e. The van der Waals surface area contributed by atoms with Gasteiger partial charge in [0.1, 0.15) is 0 Å². The third kappa shape index (κ3) is 2.14. The minimum Gasteiger partial charge on any atom is -0.306 e. The number of hydrogen-bond donors (Lipinski definition) is 1. The van der Waals surface area contributed by atoms with Crippen LogP contribution in [0.3, 0.4) is 0 Å². The molecule has 26 heavy (non-hydrogen) atoms. The van der Waals surface area contributed by atoms with E-state index in [2.05, 4.69) is 16.0 Å². The Kier molecular flexibility index (Phi) is 3.27. The number of aromatic amines is 1. The van der Waals surface area contributed by atoms with E-state index in [9.17, 15) is 4.79 Å². The number of likely N-dealkylation sites (tertiary alicyclic amines) is 1. The molecule has 0 amide bonds. The van der Waals surface area contributed by atoms with E-state index < -0.39 is 0 Å². The van der Waals surface area contributed by atoms with Gasteiger partial charge in [0.25, 0.3) is 0 Å². The number of piperidine rings is 1. The predicted molar refractivity (Wildman–Crippen MR) is 103 cm³/mol. The van der Waals surface area contributed by atoms with Gasteiger partial charge in [-0.15, -0.1) is 0 Å². The maximum atomic E-state index is 12.5. The number of hydrogen-bond acceptors (Lipinski definition) is 2. The number of nitrogens with zero attached hydrogens (tertiary/aromatic N) is 2. The standard InChI is InChI=1S/C22H29N3O/c26-21-23-19-3-1-2-4-20(19)25(21)17-7-11-24(12-8-17)14-18-15-5-6-16(13-15)22(18)9-10-22/h1-4,15-18H,5-14H2,(H,23,26). The van der Waals surface area contributed by atoms with Crippen molar-refractivity contribution < 1.29 is 0 Å². The van der Waals surface area contributed by atoms with Gasteiger partial charge in [0.15, 0.2) is 0 Å². The largest absolute Gasteiger partial charge is 0.326 e. The summed E-state index contributed by atoms with van der Waals surface area (Å²) in [6.45, 7) is 3.64. The average Bonchev–Trinajstić information content (AvgIpc) is 3.04. The minimum atomic E-state index is 0.0645. The van der Waals surface area contributed by atoms with Crippen LogP contribution in [0.25, 0.3) is 11.0 Å². The number of nitrogens with one attached hydrogen (secondary N) is 1. The van der Waals surface area contributed by atoms with Gasteiger partial charge in [0.05, 0.1) is 11.0 Å². The van der Waals surface area contributed by atoms with Gasteiger partial charge in [0.2, 0.25) is 0 Å². The second-order valence-electron chi connectivity index (χ2n) is 9.46. The first-order valence-corrected chi connectivity index (χ1v) is 10.7. The van der Waals surface area contributed by atoms with E-state index in [0.717, 1.165) is 60.1 Å². The number of imidazole rings is 1. The van der Waals surface area contributed by atoms with E-state index in [0.29, 0.717) is 6.04 Å². The molecule has 3 atom stereocenters. The Labute approximate surface area is 154 Å². The highest BCUT2D eigenvalue weighted by atomic mass is 16.1. The molecule has 6 rings (SSSR count). The zero-order valence-electron chi connectivity index (χ0n) is 15.5. The lowest BCUT2D eigenvalue weighted by atomic mass is 9.76. The highest BCUT2D eigenvalue weighted by Crippen LogP contribution is 2.71. The van der Waals surface area contributed by atoms with Crippen LogP contribution in [0.4, 0.5) is 0 Å². The monoisotopic (exact) mass is 351 g/mol. The molecule has 3 aliphatic carbocycles. The van der Waals surface area contributed by atoms with Crippen LogP contribution >= 0.6 is 0 Å². The molecule has 0 radical (unpaired) electrons. The molecule has 3 unspecified atom stereocenters. The van der Waals surface area contributed by atoms with Crippen LogP contribution in [-0.4, -0.2) is 34.1 Å². The Balaban J connectivity index is 1.16. The number of para-hydroxylation sites is 2. The molecule has 1 aromatic heterocycles. The Morgan fingerprint density at radius 2 is 1.88 bits per heavy atom. The topological polar surface area (TPSA) is 41.0 Å². The molecule has 1 spiro atoms. The first-order chi connectivity index (χ1) is 12.7. The maximum Gasteiger partial charge on any atom is 0.326 e. The third-order valence-corrected chi connectivity index (χ3v) is 8.42. The van der Waals surface area contributed by atoms with Crippen molar-refractivity contribution in [1.82, 2.24) is 14.5 Å². The highest BCUT2D eigenvalue weighted by molar-refractivity contribution is 5.75. The zero-order chi connectivity index (χ0) is 17.3. The van der Waals surface area contributed by atoms with Crippen molar-refractivity contribution in [2.24, 2.45) is 23.2 Å². The van der Waals surface area contributed by atoms with Crippen molar-refractivity contribution >= 4 is 11.0 Å². The first-order valence-electron chi connectivity index (χ1n) is 10.7. The van der Waals surface area contributed by atoms with Gasteiger partial charge in [-0.1, -0.05) is 12.1 Å². The predicted octanol–water partition coefficient (Wildman–Crippen LogP) is 3.79. The Morgan fingerprint density at radius 1 is 1.08 bits per heavy atom. The fourth-order valence-corrected chi connectivity index (χ4v) is 7.01. The van der Waals surface area contributed by atoms with Crippen LogP contribution < -0.4 is 5.69 Å². The molecule has 1 saturated heterocycles. The highest BCUT2D eigenvalue weighted by Gasteiger charge is 2.63. The average molecular weight is 351 g/mol. The van der Waals surface area contributed by atoms with Crippen LogP contribution in [0.2, 0.25) is 0 Å². The molecule has 2 bridgehead atoms. The Bertz CT molecular complexity index is 884. The number of fused-ring (bicyclic) bond motifs is 4. The quantitative estimate of drug-likeness (QED) is 0.914. The van der Waals surface area contributed by atoms with Crippen LogP contribution in [0.1, 0.15) is 51.0 Å². The lowest BCUT2D eigenvalue weighted by Gasteiger charge is -2.39. The van der Waals surface area contributed by atoms with Gasteiger partial charge in [-0.05, 0) is 80.2 Å². The van der Waals surface area contributed by atoms with Crippen molar-refractivity contribution in [1.29, 1.82) is 0 Å². The van der Waals surface area contributed by atoms with E-state index in [1.165, 1.54) is 38.6 Å². The van der Waals surface area contributed by atoms with Crippen molar-refractivity contribution in [3.05, 3.63) is 34.7 Å². The molecule has 2 aromatic rings. The molecular weight excluding hydrogens is 322 g/mol. The molecule has 2 heterocycles. The van der Waals surface area contributed by atoms with E-state index in [-0.39, 0.29) is 5.69 Å². The second-order valence-corrected chi connectivity index (χ2v) is 9.46. The minimum absolute atomic E-state index is 0.0645. The molecular formula is C22H29N3O. The summed E-state index contributed by atoms with van der Waals surface area (Å²) in [5.74, 6) is 3.07. The van der Waals surface area contributed by atoms with E-state index >= 15 is 0 Å². The van der Waals surface area contributed by atoms with Gasteiger partial charge in [0, 0.05) is 25.7 Å². The zero-order valence-corrected chi connectivity index (χ0v) is 15.5. The summed E-state index contributed by atoms with van der Waals surface area (Å²) in [6.07, 6.45) is 9.79. The lowest BCUT2D eigenvalue weighted by molar-refractivity contribution is 0.101. The number of benzene rings is 1. The van der Waals surface area contributed by atoms with Crippen LogP contribution in [-0.2, 0) is 0 Å². The fraction of sp³-hybridized carbons (Fsp3) is 0.682. The maximum absolute atomic E-state index is 12.5. The van der Waals surface area contributed by atoms with E-state index in [1.807, 2.05) is 22.8 Å². The van der Waals surface area contributed by atoms with Crippen molar-refractivity contribution in [2.45, 2.75) is 51.0 Å². The van der Waals surface area contributed by atoms with Crippen molar-refractivity contribution in [3.8, 4) is 0 Å². The summed E-state index contributed by atoms with van der Waals surface area (Å²) in [6, 6.07) is 8.46. The summed E-state index contributed by atoms with van der Waals surface area (Å²) < 4.78 is 2.02. The van der Waals surface area contributed by atoms with Crippen molar-refractivity contribution in [3.63, 3.8) is 0 Å². The van der Waals surface area contributed by atoms with Gasteiger partial charge in [-0.3, -0.25) is 4.57 Å². The van der Waals surface area contributed by atoms with Crippen LogP contribution in [0.5, 0.6) is 0 Å². The lowest BCUT2D eigenvalue weighted by Crippen LogP contribution is -2.42. The van der Waals surface area contributed by atoms with Gasteiger partial charge >= 0.3 is 5.69 Å². The van der Waals surface area contributed by atoms with Crippen molar-refractivity contribution in [2.75, 3.05) is 19.6 Å². The molecule has 1 aliphatic heterocycles. The number of H-pyrrole nitrogens is 1. The number of aromatic nitrogens is 2. The van der Waals surface area contributed by atoms with Crippen LogP contribution in [0.15, 0.2) is 29.1 Å². The second kappa shape index (κ2) is 5.48. The normalized spacial score (nSPS) is 33.5. The SMILES string of the molecule is O=c1[nH]c2ccccc2n1C1CCN(CC2C3CCC(C3)C23CC3)CC1. The van der Waals surface area contributed by atoms with E-state index in [4.69, 9.17) is 0 Å². The molecule has 4 fully saturated rings. The summed E-state index contributed by atoms with van der Waals surface area (Å²) in [7, 11) is 0. The number of rotatable bonds is 3. The van der Waals surface area contributed by atoms with Gasteiger partial charge in [-0.25, -0.2) is 4.79 Å². The van der Waals surface area contributed by atoms with E-state index in [1.54, 1.807) is 0 Å². The summed E-state index contributed by atoms with van der Waals surface area (Å²) in [5, 5.41) is 0. The summed E-state index contributed by atoms with van der Waals surface area (Å²) in [5.41, 5.74) is 2.88. The molecule has 1 N–H and O–H groups in total. The summed E-state index contributed by atoms with van der Waals surface area (Å²) in [4.78, 5) is 18.2. The molecule has 4 aliphatic rings. The van der Waals surface area contributed by atoms with Gasteiger partial charge < -0.3 is 9.88 Å². The fourth-order valence-electron chi connectivity index (χ4n) is 7.01. The molecule has 4 heteroatoms. The molecule has 3 saturated carbocycles.